The van der Waals surface area contributed by atoms with Gasteiger partial charge in [0, 0.05) is 20.5 Å². The van der Waals surface area contributed by atoms with Crippen LogP contribution in [-0.4, -0.2) is 19.9 Å². The molecule has 8 aromatic carbocycles. The van der Waals surface area contributed by atoms with Crippen LogP contribution in [0.25, 0.3) is 54.6 Å². The number of hydrogen-bond acceptors (Lipinski definition) is 4. The van der Waals surface area contributed by atoms with Crippen LogP contribution in [0.5, 0.6) is 5.75 Å². The first-order chi connectivity index (χ1) is 28.1. The molecule has 0 aliphatic rings. The van der Waals surface area contributed by atoms with Gasteiger partial charge in [-0.25, -0.2) is 0 Å². The van der Waals surface area contributed by atoms with Gasteiger partial charge in [0.15, 0.2) is 5.43 Å². The molecule has 276 valence electrons. The SMILES string of the molecule is C=Cc1sc2ccc(COCCOc3ccc(B(c4ccc5ccccc5c4)c4ccc5ccccc5c4)cc3)cc2c(=O)c1C=C.c1ccc2ccccc2c1. The molecular formula is C52H41BO3S. The Morgan fingerprint density at radius 3 is 1.56 bits per heavy atom. The molecule has 0 aliphatic heterocycles. The van der Waals surface area contributed by atoms with Crippen molar-refractivity contribution in [3.05, 3.63) is 215 Å². The van der Waals surface area contributed by atoms with E-state index in [2.05, 4.69) is 159 Å². The van der Waals surface area contributed by atoms with Crippen molar-refractivity contribution in [2.45, 2.75) is 6.61 Å². The number of ether oxygens (including phenoxy) is 2. The molecule has 0 amide bonds. The molecule has 9 aromatic rings. The zero-order chi connectivity index (χ0) is 39.0. The van der Waals surface area contributed by atoms with Crippen molar-refractivity contribution < 1.29 is 9.47 Å². The van der Waals surface area contributed by atoms with Gasteiger partial charge >= 0.3 is 0 Å². The molecule has 0 spiro atoms. The Balaban J connectivity index is 0.000000394. The van der Waals surface area contributed by atoms with Gasteiger partial charge in [-0.05, 0) is 62.1 Å². The van der Waals surface area contributed by atoms with E-state index in [0.29, 0.717) is 30.8 Å². The maximum absolute atomic E-state index is 13.0. The summed E-state index contributed by atoms with van der Waals surface area (Å²) in [5.74, 6) is 0.797. The summed E-state index contributed by atoms with van der Waals surface area (Å²) in [6.45, 7) is 8.96. The molecule has 1 aromatic heterocycles. The molecule has 0 aliphatic carbocycles. The second-order valence-electron chi connectivity index (χ2n) is 13.9. The first kappa shape index (κ1) is 37.4. The lowest BCUT2D eigenvalue weighted by atomic mass is 9.36. The fourth-order valence-electron chi connectivity index (χ4n) is 7.36. The minimum absolute atomic E-state index is 0.0271. The van der Waals surface area contributed by atoms with Crippen LogP contribution < -0.4 is 26.6 Å². The Labute approximate surface area is 337 Å². The van der Waals surface area contributed by atoms with E-state index in [0.717, 1.165) is 20.9 Å². The topological polar surface area (TPSA) is 35.5 Å². The van der Waals surface area contributed by atoms with E-state index in [1.54, 1.807) is 23.5 Å². The van der Waals surface area contributed by atoms with Crippen molar-refractivity contribution in [2.75, 3.05) is 13.2 Å². The highest BCUT2D eigenvalue weighted by molar-refractivity contribution is 7.19. The van der Waals surface area contributed by atoms with Crippen LogP contribution in [0.2, 0.25) is 0 Å². The molecule has 0 atom stereocenters. The zero-order valence-electron chi connectivity index (χ0n) is 31.6. The van der Waals surface area contributed by atoms with Gasteiger partial charge in [-0.2, -0.15) is 0 Å². The fourth-order valence-corrected chi connectivity index (χ4v) is 8.36. The van der Waals surface area contributed by atoms with Crippen LogP contribution in [0.15, 0.2) is 194 Å². The Morgan fingerprint density at radius 2 is 1.04 bits per heavy atom. The summed E-state index contributed by atoms with van der Waals surface area (Å²) in [6.07, 6.45) is 3.32. The number of benzene rings is 8. The summed E-state index contributed by atoms with van der Waals surface area (Å²) < 4.78 is 12.9. The third-order valence-electron chi connectivity index (χ3n) is 10.3. The summed E-state index contributed by atoms with van der Waals surface area (Å²) in [7, 11) is 0. The Morgan fingerprint density at radius 1 is 0.526 bits per heavy atom. The quantitative estimate of drug-likeness (QED) is 0.0974. The van der Waals surface area contributed by atoms with Crippen molar-refractivity contribution >= 4 is 89.0 Å². The van der Waals surface area contributed by atoms with Gasteiger partial charge in [-0.3, -0.25) is 4.79 Å². The number of hydrogen-bond donors (Lipinski definition) is 0. The van der Waals surface area contributed by atoms with Gasteiger partial charge < -0.3 is 9.47 Å². The lowest BCUT2D eigenvalue weighted by Gasteiger charge is -2.18. The minimum Gasteiger partial charge on any atom is -0.491 e. The smallest absolute Gasteiger partial charge is 0.241 e. The molecule has 0 N–H and O–H groups in total. The highest BCUT2D eigenvalue weighted by Gasteiger charge is 2.22. The Kier molecular flexibility index (Phi) is 11.5. The summed E-state index contributed by atoms with van der Waals surface area (Å²) in [5.41, 5.74) is 5.22. The first-order valence-corrected chi connectivity index (χ1v) is 20.0. The van der Waals surface area contributed by atoms with Crippen LogP contribution in [0.3, 0.4) is 0 Å². The molecule has 9 rings (SSSR count). The maximum atomic E-state index is 13.0. The lowest BCUT2D eigenvalue weighted by Crippen LogP contribution is -2.51. The normalized spacial score (nSPS) is 10.9. The number of fused-ring (bicyclic) bond motifs is 4. The van der Waals surface area contributed by atoms with Crippen LogP contribution in [-0.2, 0) is 11.3 Å². The van der Waals surface area contributed by atoms with Crippen molar-refractivity contribution in [3.8, 4) is 5.75 Å². The second kappa shape index (κ2) is 17.5. The van der Waals surface area contributed by atoms with Gasteiger partial charge in [0.1, 0.15) is 12.4 Å². The first-order valence-electron chi connectivity index (χ1n) is 19.1. The van der Waals surface area contributed by atoms with Crippen molar-refractivity contribution in [1.82, 2.24) is 0 Å². The fraction of sp³-hybridized carbons (Fsp3) is 0.0577. The van der Waals surface area contributed by atoms with E-state index >= 15 is 0 Å². The van der Waals surface area contributed by atoms with Crippen molar-refractivity contribution in [3.63, 3.8) is 0 Å². The number of rotatable bonds is 11. The Hall–Kier alpha value is -6.53. The molecule has 0 saturated carbocycles. The highest BCUT2D eigenvalue weighted by atomic mass is 32.1. The van der Waals surface area contributed by atoms with Gasteiger partial charge in [-0.15, -0.1) is 11.3 Å². The molecule has 0 bridgehead atoms. The summed E-state index contributed by atoms with van der Waals surface area (Å²) in [5, 5.41) is 8.24. The van der Waals surface area contributed by atoms with Crippen LogP contribution in [0.4, 0.5) is 0 Å². The van der Waals surface area contributed by atoms with Crippen LogP contribution in [0, 0.1) is 0 Å². The van der Waals surface area contributed by atoms with Crippen LogP contribution >= 0.6 is 11.3 Å². The van der Waals surface area contributed by atoms with Crippen molar-refractivity contribution in [2.24, 2.45) is 0 Å². The average molecular weight is 757 g/mol. The molecule has 5 heteroatoms. The minimum atomic E-state index is -0.0271. The molecule has 1 heterocycles. The predicted molar refractivity (Wildman–Crippen MR) is 246 cm³/mol. The van der Waals surface area contributed by atoms with Gasteiger partial charge in [-0.1, -0.05) is 193 Å². The maximum Gasteiger partial charge on any atom is 0.241 e. The monoisotopic (exact) mass is 756 g/mol. The van der Waals surface area contributed by atoms with E-state index in [1.165, 1.54) is 48.7 Å². The molecule has 0 fully saturated rings. The predicted octanol–water partition coefficient (Wildman–Crippen LogP) is 10.8. The molecule has 0 unspecified atom stereocenters. The third-order valence-corrected chi connectivity index (χ3v) is 11.4. The van der Waals surface area contributed by atoms with E-state index in [1.807, 2.05) is 30.3 Å². The van der Waals surface area contributed by atoms with E-state index < -0.39 is 0 Å². The largest absolute Gasteiger partial charge is 0.491 e. The van der Waals surface area contributed by atoms with Gasteiger partial charge in [0.2, 0.25) is 6.71 Å². The van der Waals surface area contributed by atoms with Gasteiger partial charge in [0.05, 0.1) is 13.2 Å². The molecule has 57 heavy (non-hydrogen) atoms. The molecule has 0 saturated heterocycles. The van der Waals surface area contributed by atoms with E-state index in [9.17, 15) is 4.79 Å². The third kappa shape index (κ3) is 8.51. The van der Waals surface area contributed by atoms with Crippen LogP contribution in [0.1, 0.15) is 16.0 Å². The average Bonchev–Trinajstić information content (AvgIpc) is 3.27. The lowest BCUT2D eigenvalue weighted by molar-refractivity contribution is 0.0890. The van der Waals surface area contributed by atoms with Gasteiger partial charge in [0.25, 0.3) is 0 Å². The molecule has 0 radical (unpaired) electrons. The second-order valence-corrected chi connectivity index (χ2v) is 15.0. The summed E-state index contributed by atoms with van der Waals surface area (Å²) in [6, 6.07) is 61.5. The van der Waals surface area contributed by atoms with E-state index in [4.69, 9.17) is 9.47 Å². The standard InChI is InChI=1S/C42H33BO3S.C10H8/c1-3-38-40(4-2)47-41-22-13-29(25-39(41)42(38)44)28-45-23-24-46-37-20-18-34(19-21-37)43(35-16-14-30-9-5-7-11-32(30)26-35)36-17-15-31-10-6-8-12-33(31)27-36;1-2-6-10-8-4-3-7-9(10)5-1/h3-22,25-27H,1-2,23-24,28H2;1-8H. The van der Waals surface area contributed by atoms with E-state index in [-0.39, 0.29) is 12.1 Å². The zero-order valence-corrected chi connectivity index (χ0v) is 32.5. The molecule has 3 nitrogen and oxygen atoms in total. The Bertz CT molecular complexity index is 2770. The molecular weight excluding hydrogens is 715 g/mol. The summed E-state index contributed by atoms with van der Waals surface area (Å²) in [4.78, 5) is 13.8. The summed E-state index contributed by atoms with van der Waals surface area (Å²) >= 11 is 1.54. The van der Waals surface area contributed by atoms with Crippen molar-refractivity contribution in [1.29, 1.82) is 0 Å². The highest BCUT2D eigenvalue weighted by Crippen LogP contribution is 2.25.